The number of alkyl carbamates (subject to hydrolysis) is 1. The Bertz CT molecular complexity index is 1310. The standard InChI is InChI=1S/C31H37N5O5/c1-21(37)28(34-31(40)41-2)30(39)36-18-6-9-27(36)29(38)33-25-16-12-23(13-17-25)20-35(26-7-4-3-5-8-26)19-22-10-14-24(32)15-11-22/h3-5,7-8,10-17,21,27-28,37H,6,9,18-20,32H2,1-2H3,(H,33,38)(H,34,40)/t21-,27-,28-/m0/s1. The summed E-state index contributed by atoms with van der Waals surface area (Å²) in [4.78, 5) is 41.7. The number of hydrogen-bond acceptors (Lipinski definition) is 7. The van der Waals surface area contributed by atoms with Crippen molar-refractivity contribution in [1.82, 2.24) is 10.2 Å². The maximum atomic E-state index is 13.2. The van der Waals surface area contributed by atoms with Crippen LogP contribution in [-0.2, 0) is 27.4 Å². The Morgan fingerprint density at radius 1 is 1.00 bits per heavy atom. The lowest BCUT2D eigenvalue weighted by Gasteiger charge is -2.29. The van der Waals surface area contributed by atoms with E-state index in [0.29, 0.717) is 38.2 Å². The molecule has 3 aromatic carbocycles. The molecule has 0 bridgehead atoms. The second-order valence-corrected chi connectivity index (χ2v) is 10.2. The Hall–Kier alpha value is -4.57. The average Bonchev–Trinajstić information content (AvgIpc) is 3.48. The van der Waals surface area contributed by atoms with E-state index in [1.165, 1.54) is 18.9 Å². The van der Waals surface area contributed by atoms with Gasteiger partial charge in [-0.3, -0.25) is 9.59 Å². The zero-order chi connectivity index (χ0) is 29.4. The molecular formula is C31H37N5O5. The van der Waals surface area contributed by atoms with Gasteiger partial charge in [-0.2, -0.15) is 0 Å². The SMILES string of the molecule is COC(=O)N[C@H](C(=O)N1CCC[C@H]1C(=O)Nc1ccc(CN(Cc2ccc(N)cc2)c2ccccc2)cc1)[C@H](C)O. The van der Waals surface area contributed by atoms with E-state index in [1.807, 2.05) is 66.7 Å². The average molecular weight is 560 g/mol. The monoisotopic (exact) mass is 559 g/mol. The van der Waals surface area contributed by atoms with Gasteiger partial charge in [0.05, 0.1) is 13.2 Å². The molecule has 0 radical (unpaired) electrons. The van der Waals surface area contributed by atoms with Crippen molar-refractivity contribution in [3.05, 3.63) is 90.0 Å². The van der Waals surface area contributed by atoms with Gasteiger partial charge >= 0.3 is 6.09 Å². The smallest absolute Gasteiger partial charge is 0.407 e. The van der Waals surface area contributed by atoms with Gasteiger partial charge in [-0.1, -0.05) is 42.5 Å². The molecule has 0 aliphatic carbocycles. The summed E-state index contributed by atoms with van der Waals surface area (Å²) in [5.74, 6) is -0.847. The Morgan fingerprint density at radius 2 is 1.61 bits per heavy atom. The zero-order valence-corrected chi connectivity index (χ0v) is 23.3. The molecule has 3 atom stereocenters. The first-order valence-electron chi connectivity index (χ1n) is 13.6. The number of nitrogens with zero attached hydrogens (tertiary/aromatic N) is 2. The van der Waals surface area contributed by atoms with Crippen LogP contribution in [0.3, 0.4) is 0 Å². The number of para-hydroxylation sites is 1. The number of likely N-dealkylation sites (tertiary alicyclic amines) is 1. The Kier molecular flexibility index (Phi) is 9.81. The van der Waals surface area contributed by atoms with Crippen molar-refractivity contribution in [1.29, 1.82) is 0 Å². The van der Waals surface area contributed by atoms with E-state index in [1.54, 1.807) is 0 Å². The van der Waals surface area contributed by atoms with Crippen LogP contribution >= 0.6 is 0 Å². The molecule has 216 valence electrons. The minimum Gasteiger partial charge on any atom is -0.453 e. The van der Waals surface area contributed by atoms with Crippen LogP contribution < -0.4 is 21.3 Å². The van der Waals surface area contributed by atoms with Crippen LogP contribution in [0.5, 0.6) is 0 Å². The van der Waals surface area contributed by atoms with Crippen molar-refractivity contribution in [3.8, 4) is 0 Å². The summed E-state index contributed by atoms with van der Waals surface area (Å²) in [7, 11) is 1.18. The molecule has 1 fully saturated rings. The van der Waals surface area contributed by atoms with Gasteiger partial charge < -0.3 is 36.0 Å². The number of carbonyl (C=O) groups excluding carboxylic acids is 3. The summed E-state index contributed by atoms with van der Waals surface area (Å²) < 4.78 is 4.57. The van der Waals surface area contributed by atoms with Gasteiger partial charge in [0.15, 0.2) is 0 Å². The minimum absolute atomic E-state index is 0.319. The van der Waals surface area contributed by atoms with E-state index in [9.17, 15) is 19.5 Å². The Morgan fingerprint density at radius 3 is 2.20 bits per heavy atom. The molecule has 0 saturated carbocycles. The number of hydrogen-bond donors (Lipinski definition) is 4. The summed E-state index contributed by atoms with van der Waals surface area (Å²) in [6.45, 7) is 3.11. The first-order chi connectivity index (χ1) is 19.7. The van der Waals surface area contributed by atoms with Gasteiger partial charge in [0.2, 0.25) is 11.8 Å². The van der Waals surface area contributed by atoms with E-state index < -0.39 is 30.2 Å². The van der Waals surface area contributed by atoms with Crippen molar-refractivity contribution in [2.75, 3.05) is 29.6 Å². The van der Waals surface area contributed by atoms with Crippen LogP contribution in [-0.4, -0.2) is 59.8 Å². The predicted molar refractivity (Wildman–Crippen MR) is 158 cm³/mol. The number of aliphatic hydroxyl groups excluding tert-OH is 1. The first-order valence-corrected chi connectivity index (χ1v) is 13.6. The first kappa shape index (κ1) is 29.4. The zero-order valence-electron chi connectivity index (χ0n) is 23.3. The Balaban J connectivity index is 1.42. The lowest BCUT2D eigenvalue weighted by atomic mass is 10.1. The molecule has 3 aromatic rings. The summed E-state index contributed by atoms with van der Waals surface area (Å²) in [5.41, 5.74) is 10.5. The molecule has 5 N–H and O–H groups in total. The van der Waals surface area contributed by atoms with Crippen LogP contribution in [0.2, 0.25) is 0 Å². The summed E-state index contributed by atoms with van der Waals surface area (Å²) in [6.07, 6.45) is -0.869. The molecule has 1 aliphatic heterocycles. The third-order valence-corrected chi connectivity index (χ3v) is 7.12. The van der Waals surface area contributed by atoms with Crippen LogP contribution in [0.15, 0.2) is 78.9 Å². The van der Waals surface area contributed by atoms with Crippen molar-refractivity contribution in [2.24, 2.45) is 0 Å². The molecule has 10 heteroatoms. The quantitative estimate of drug-likeness (QED) is 0.279. The van der Waals surface area contributed by atoms with E-state index in [2.05, 4.69) is 32.4 Å². The van der Waals surface area contributed by atoms with E-state index in [4.69, 9.17) is 5.73 Å². The largest absolute Gasteiger partial charge is 0.453 e. The van der Waals surface area contributed by atoms with Crippen molar-refractivity contribution >= 4 is 35.0 Å². The minimum atomic E-state index is -1.21. The number of ether oxygens (including phenoxy) is 1. The number of nitrogen functional groups attached to an aromatic ring is 1. The molecule has 0 aromatic heterocycles. The van der Waals surface area contributed by atoms with Gasteiger partial charge in [0.25, 0.3) is 0 Å². The van der Waals surface area contributed by atoms with Crippen LogP contribution in [0, 0.1) is 0 Å². The number of nitrogens with one attached hydrogen (secondary N) is 2. The second kappa shape index (κ2) is 13.7. The fourth-order valence-corrected chi connectivity index (χ4v) is 4.92. The summed E-state index contributed by atoms with van der Waals surface area (Å²) in [6, 6.07) is 23.7. The topological polar surface area (TPSA) is 137 Å². The number of aliphatic hydroxyl groups is 1. The molecule has 1 heterocycles. The fraction of sp³-hybridized carbons (Fsp3) is 0.323. The molecule has 0 unspecified atom stereocenters. The van der Waals surface area contributed by atoms with Gasteiger partial charge in [0, 0.05) is 36.7 Å². The number of carbonyl (C=O) groups is 3. The van der Waals surface area contributed by atoms with E-state index >= 15 is 0 Å². The van der Waals surface area contributed by atoms with Gasteiger partial charge in [-0.05, 0) is 67.3 Å². The summed E-state index contributed by atoms with van der Waals surface area (Å²) in [5, 5.41) is 15.3. The molecule has 1 aliphatic rings. The predicted octanol–water partition coefficient (Wildman–Crippen LogP) is 3.51. The van der Waals surface area contributed by atoms with Crippen molar-refractivity contribution in [3.63, 3.8) is 0 Å². The number of nitrogens with two attached hydrogens (primary N) is 1. The molecule has 0 spiro atoms. The number of benzene rings is 3. The van der Waals surface area contributed by atoms with Gasteiger partial charge in [0.1, 0.15) is 12.1 Å². The highest BCUT2D eigenvalue weighted by molar-refractivity contribution is 5.98. The molecule has 1 saturated heterocycles. The van der Waals surface area contributed by atoms with Gasteiger partial charge in [-0.25, -0.2) is 4.79 Å². The van der Waals surface area contributed by atoms with E-state index in [0.717, 1.165) is 22.5 Å². The maximum absolute atomic E-state index is 13.2. The molecule has 3 amide bonds. The fourth-order valence-electron chi connectivity index (χ4n) is 4.92. The third kappa shape index (κ3) is 7.76. The molecular weight excluding hydrogens is 522 g/mol. The highest BCUT2D eigenvalue weighted by Gasteiger charge is 2.39. The lowest BCUT2D eigenvalue weighted by Crippen LogP contribution is -2.56. The molecule has 10 nitrogen and oxygen atoms in total. The Labute approximate surface area is 240 Å². The highest BCUT2D eigenvalue weighted by atomic mass is 16.5. The van der Waals surface area contributed by atoms with Crippen LogP contribution in [0.4, 0.5) is 21.9 Å². The van der Waals surface area contributed by atoms with Crippen LogP contribution in [0.25, 0.3) is 0 Å². The number of methoxy groups -OCH3 is 1. The number of rotatable bonds is 10. The van der Waals surface area contributed by atoms with E-state index in [-0.39, 0.29) is 5.91 Å². The third-order valence-electron chi connectivity index (χ3n) is 7.12. The highest BCUT2D eigenvalue weighted by Crippen LogP contribution is 2.23. The van der Waals surface area contributed by atoms with Crippen molar-refractivity contribution in [2.45, 2.75) is 51.0 Å². The number of amides is 3. The normalized spacial score (nSPS) is 16.0. The molecule has 4 rings (SSSR count). The maximum Gasteiger partial charge on any atom is 0.407 e. The van der Waals surface area contributed by atoms with Crippen molar-refractivity contribution < 1.29 is 24.2 Å². The molecule has 41 heavy (non-hydrogen) atoms. The lowest BCUT2D eigenvalue weighted by molar-refractivity contribution is -0.140. The second-order valence-electron chi connectivity index (χ2n) is 10.2. The van der Waals surface area contributed by atoms with Crippen LogP contribution in [0.1, 0.15) is 30.9 Å². The number of anilines is 3. The van der Waals surface area contributed by atoms with Gasteiger partial charge in [-0.15, -0.1) is 0 Å². The summed E-state index contributed by atoms with van der Waals surface area (Å²) >= 11 is 0.